The van der Waals surface area contributed by atoms with Crippen molar-refractivity contribution in [3.8, 4) is 0 Å². The number of hydrogen-bond donors (Lipinski definition) is 2. The number of aromatic nitrogens is 1. The second-order valence-corrected chi connectivity index (χ2v) is 8.51. The van der Waals surface area contributed by atoms with Crippen LogP contribution in [0.1, 0.15) is 65.2 Å². The average molecular weight is 417 g/mol. The Morgan fingerprint density at radius 1 is 1.23 bits per heavy atom. The number of ketones is 1. The number of aromatic amines is 1. The number of pyridine rings is 1. The molecule has 136 valence electrons. The highest BCUT2D eigenvalue weighted by Gasteiger charge is 2.32. The van der Waals surface area contributed by atoms with E-state index in [4.69, 9.17) is 0 Å². The normalized spacial score (nSPS) is 16.7. The van der Waals surface area contributed by atoms with Crippen molar-refractivity contribution in [2.45, 2.75) is 39.7 Å². The molecule has 0 saturated carbocycles. The maximum Gasteiger partial charge on any atom is 0.261 e. The quantitative estimate of drug-likeness (QED) is 0.798. The van der Waals surface area contributed by atoms with Crippen LogP contribution in [-0.4, -0.2) is 16.7 Å². The summed E-state index contributed by atoms with van der Waals surface area (Å²) in [6.07, 6.45) is 1.02. The van der Waals surface area contributed by atoms with Crippen LogP contribution in [0.3, 0.4) is 0 Å². The summed E-state index contributed by atoms with van der Waals surface area (Å²) in [5, 5.41) is 2.83. The molecule has 5 nitrogen and oxygen atoms in total. The van der Waals surface area contributed by atoms with Crippen molar-refractivity contribution in [1.82, 2.24) is 10.3 Å². The number of nitrogens with one attached hydrogen (secondary N) is 2. The number of fused-ring (bicyclic) bond motifs is 1. The molecule has 0 fully saturated rings. The summed E-state index contributed by atoms with van der Waals surface area (Å²) in [4.78, 5) is 40.1. The van der Waals surface area contributed by atoms with E-state index in [0.29, 0.717) is 24.1 Å². The molecule has 0 radical (unpaired) electrons. The van der Waals surface area contributed by atoms with Crippen molar-refractivity contribution in [3.63, 3.8) is 0 Å². The fourth-order valence-corrected chi connectivity index (χ4v) is 3.75. The smallest absolute Gasteiger partial charge is 0.261 e. The summed E-state index contributed by atoms with van der Waals surface area (Å²) in [7, 11) is 0. The summed E-state index contributed by atoms with van der Waals surface area (Å²) in [6.45, 7) is 5.83. The molecule has 26 heavy (non-hydrogen) atoms. The largest absolute Gasteiger partial charge is 0.345 e. The molecular weight excluding hydrogens is 396 g/mol. The monoisotopic (exact) mass is 416 g/mol. The molecule has 2 aromatic rings. The number of Topliss-reactive ketones (excluding diaryl/α,β-unsaturated/α-hetero) is 1. The highest BCUT2D eigenvalue weighted by Crippen LogP contribution is 2.33. The van der Waals surface area contributed by atoms with E-state index >= 15 is 0 Å². The van der Waals surface area contributed by atoms with Crippen molar-refractivity contribution < 1.29 is 9.59 Å². The predicted molar refractivity (Wildman–Crippen MR) is 104 cm³/mol. The van der Waals surface area contributed by atoms with Gasteiger partial charge in [-0.1, -0.05) is 41.9 Å². The number of carbonyl (C=O) groups is 2. The minimum absolute atomic E-state index is 0.0290. The molecule has 0 aliphatic heterocycles. The first kappa shape index (κ1) is 18.6. The van der Waals surface area contributed by atoms with Gasteiger partial charge < -0.3 is 10.3 Å². The molecule has 1 unspecified atom stereocenters. The van der Waals surface area contributed by atoms with Gasteiger partial charge in [-0.25, -0.2) is 0 Å². The van der Waals surface area contributed by atoms with Crippen LogP contribution in [0, 0.1) is 5.41 Å². The molecule has 1 atom stereocenters. The van der Waals surface area contributed by atoms with Crippen molar-refractivity contribution >= 4 is 27.6 Å². The first-order chi connectivity index (χ1) is 12.2. The maximum absolute atomic E-state index is 12.6. The van der Waals surface area contributed by atoms with Gasteiger partial charge in [0, 0.05) is 22.2 Å². The molecule has 1 aliphatic rings. The summed E-state index contributed by atoms with van der Waals surface area (Å²) in [6, 6.07) is 8.76. The third kappa shape index (κ3) is 3.80. The first-order valence-corrected chi connectivity index (χ1v) is 9.31. The zero-order valence-electron chi connectivity index (χ0n) is 15.0. The van der Waals surface area contributed by atoms with Crippen molar-refractivity contribution in [2.24, 2.45) is 5.41 Å². The second kappa shape index (κ2) is 6.83. The van der Waals surface area contributed by atoms with Gasteiger partial charge in [-0.3, -0.25) is 14.4 Å². The molecule has 0 spiro atoms. The topological polar surface area (TPSA) is 79.0 Å². The Kier molecular flexibility index (Phi) is 4.88. The zero-order chi connectivity index (χ0) is 19.1. The molecule has 1 amide bonds. The van der Waals surface area contributed by atoms with Crippen LogP contribution in [0.4, 0.5) is 0 Å². The molecule has 1 heterocycles. The Balaban J connectivity index is 1.88. The maximum atomic E-state index is 12.6. The summed E-state index contributed by atoms with van der Waals surface area (Å²) in [5.74, 6) is -0.527. The van der Waals surface area contributed by atoms with E-state index in [0.717, 1.165) is 10.0 Å². The number of halogens is 1. The Morgan fingerprint density at radius 3 is 2.65 bits per heavy atom. The fraction of sp³-hybridized carbons (Fsp3) is 0.350. The summed E-state index contributed by atoms with van der Waals surface area (Å²) >= 11 is 3.40. The van der Waals surface area contributed by atoms with Crippen molar-refractivity contribution in [3.05, 3.63) is 67.5 Å². The van der Waals surface area contributed by atoms with E-state index in [1.807, 2.05) is 45.0 Å². The lowest BCUT2D eigenvalue weighted by atomic mass is 9.75. The van der Waals surface area contributed by atoms with Gasteiger partial charge in [-0.05, 0) is 42.5 Å². The van der Waals surface area contributed by atoms with E-state index in [1.165, 1.54) is 6.07 Å². The number of H-pyrrole nitrogens is 1. The van der Waals surface area contributed by atoms with Crippen LogP contribution < -0.4 is 10.9 Å². The Labute approximate surface area is 160 Å². The standard InChI is InChI=1S/C20H21BrN2O3/c1-11(12-5-4-6-13(21)7-12)22-18(25)15-8-14-16(23-19(15)26)9-20(2,3)10-17(14)24/h4-8,11H,9-10H2,1-3H3,(H,22,25)(H,23,26). The lowest BCUT2D eigenvalue weighted by Gasteiger charge is -2.29. The van der Waals surface area contributed by atoms with Crippen molar-refractivity contribution in [2.75, 3.05) is 0 Å². The molecular formula is C20H21BrN2O3. The van der Waals surface area contributed by atoms with Gasteiger partial charge in [-0.15, -0.1) is 0 Å². The van der Waals surface area contributed by atoms with Crippen LogP contribution in [0.25, 0.3) is 0 Å². The van der Waals surface area contributed by atoms with Crippen LogP contribution in [0.5, 0.6) is 0 Å². The SMILES string of the molecule is CC(NC(=O)c1cc2c([nH]c1=O)CC(C)(C)CC2=O)c1cccc(Br)c1. The molecule has 2 N–H and O–H groups in total. The molecule has 1 aromatic carbocycles. The molecule has 1 aromatic heterocycles. The van der Waals surface area contributed by atoms with Gasteiger partial charge in [0.2, 0.25) is 0 Å². The van der Waals surface area contributed by atoms with Gasteiger partial charge in [0.25, 0.3) is 11.5 Å². The minimum atomic E-state index is -0.487. The van der Waals surface area contributed by atoms with Crippen LogP contribution in [0.15, 0.2) is 39.6 Å². The molecule has 1 aliphatic carbocycles. The average Bonchev–Trinajstić information content (AvgIpc) is 2.52. The first-order valence-electron chi connectivity index (χ1n) is 8.52. The van der Waals surface area contributed by atoms with E-state index < -0.39 is 11.5 Å². The van der Waals surface area contributed by atoms with Gasteiger partial charge in [0.05, 0.1) is 6.04 Å². The van der Waals surface area contributed by atoms with Crippen LogP contribution in [0.2, 0.25) is 0 Å². The molecule has 3 rings (SSSR count). The number of rotatable bonds is 3. The van der Waals surface area contributed by atoms with Gasteiger partial charge in [0.15, 0.2) is 5.78 Å². The third-order valence-corrected chi connectivity index (χ3v) is 5.15. The molecule has 0 bridgehead atoms. The van der Waals surface area contributed by atoms with Crippen LogP contribution >= 0.6 is 15.9 Å². The Hall–Kier alpha value is -2.21. The van der Waals surface area contributed by atoms with Gasteiger partial charge in [0.1, 0.15) is 5.56 Å². The molecule has 0 saturated heterocycles. The van der Waals surface area contributed by atoms with Crippen LogP contribution in [-0.2, 0) is 6.42 Å². The predicted octanol–water partition coefficient (Wildman–Crippen LogP) is 3.78. The van der Waals surface area contributed by atoms with E-state index in [1.54, 1.807) is 0 Å². The summed E-state index contributed by atoms with van der Waals surface area (Å²) < 4.78 is 0.913. The Bertz CT molecular complexity index is 946. The highest BCUT2D eigenvalue weighted by molar-refractivity contribution is 9.10. The zero-order valence-corrected chi connectivity index (χ0v) is 16.6. The van der Waals surface area contributed by atoms with Gasteiger partial charge >= 0.3 is 0 Å². The highest BCUT2D eigenvalue weighted by atomic mass is 79.9. The van der Waals surface area contributed by atoms with Gasteiger partial charge in [-0.2, -0.15) is 0 Å². The minimum Gasteiger partial charge on any atom is -0.345 e. The molecule has 6 heteroatoms. The van der Waals surface area contributed by atoms with E-state index in [-0.39, 0.29) is 22.8 Å². The lowest BCUT2D eigenvalue weighted by Crippen LogP contribution is -2.35. The van der Waals surface area contributed by atoms with E-state index in [9.17, 15) is 14.4 Å². The lowest BCUT2D eigenvalue weighted by molar-refractivity contribution is 0.0910. The van der Waals surface area contributed by atoms with E-state index in [2.05, 4.69) is 26.2 Å². The number of amides is 1. The number of carbonyl (C=O) groups excluding carboxylic acids is 2. The number of benzene rings is 1. The Morgan fingerprint density at radius 2 is 1.96 bits per heavy atom. The second-order valence-electron chi connectivity index (χ2n) is 7.60. The fourth-order valence-electron chi connectivity index (χ4n) is 3.33. The summed E-state index contributed by atoms with van der Waals surface area (Å²) in [5.41, 5.74) is 1.30. The third-order valence-electron chi connectivity index (χ3n) is 4.66. The number of hydrogen-bond acceptors (Lipinski definition) is 3. The van der Waals surface area contributed by atoms with Crippen molar-refractivity contribution in [1.29, 1.82) is 0 Å².